The fraction of sp³-hybridized carbons (Fsp3) is 0.550. The molecular weight excluding hydrogens is 303 g/mol. The molecule has 0 unspecified atom stereocenters. The number of amides is 1. The van der Waals surface area contributed by atoms with E-state index in [1.807, 2.05) is 11.0 Å². The molecule has 0 aliphatic carbocycles. The molecule has 1 atom stereocenters. The van der Waals surface area contributed by atoms with E-state index in [9.17, 15) is 9.18 Å². The van der Waals surface area contributed by atoms with E-state index < -0.39 is 0 Å². The van der Waals surface area contributed by atoms with Crippen LogP contribution in [0.4, 0.5) is 4.39 Å². The van der Waals surface area contributed by atoms with Crippen LogP contribution in [0.5, 0.6) is 0 Å². The molecule has 2 fully saturated rings. The average molecular weight is 330 g/mol. The Kier molecular flexibility index (Phi) is 5.04. The second-order valence-corrected chi connectivity index (χ2v) is 7.30. The van der Waals surface area contributed by atoms with Crippen LogP contribution in [0.25, 0.3) is 0 Å². The summed E-state index contributed by atoms with van der Waals surface area (Å²) in [5, 5.41) is 0. The Balaban J connectivity index is 1.70. The molecule has 1 aromatic rings. The van der Waals surface area contributed by atoms with Gasteiger partial charge < -0.3 is 4.90 Å². The number of piperidine rings is 1. The highest BCUT2D eigenvalue weighted by atomic mass is 19.1. The van der Waals surface area contributed by atoms with Crippen LogP contribution < -0.4 is 0 Å². The lowest BCUT2D eigenvalue weighted by Crippen LogP contribution is -2.49. The van der Waals surface area contributed by atoms with Crippen LogP contribution in [-0.4, -0.2) is 41.9 Å². The van der Waals surface area contributed by atoms with Gasteiger partial charge in [-0.15, -0.1) is 0 Å². The third-order valence-electron chi connectivity index (χ3n) is 5.54. The predicted octanol–water partition coefficient (Wildman–Crippen LogP) is 3.61. The van der Waals surface area contributed by atoms with E-state index in [4.69, 9.17) is 0 Å². The first-order valence-electron chi connectivity index (χ1n) is 8.91. The fourth-order valence-electron chi connectivity index (χ4n) is 4.05. The number of allylic oxidation sites excluding steroid dienone is 1. The van der Waals surface area contributed by atoms with Crippen LogP contribution in [0.3, 0.4) is 0 Å². The Bertz CT molecular complexity index is 642. The molecule has 2 aliphatic heterocycles. The summed E-state index contributed by atoms with van der Waals surface area (Å²) in [4.78, 5) is 17.4. The lowest BCUT2D eigenvalue weighted by atomic mass is 9.78. The van der Waals surface area contributed by atoms with Crippen molar-refractivity contribution in [2.24, 2.45) is 5.41 Å². The van der Waals surface area contributed by atoms with Gasteiger partial charge in [0.1, 0.15) is 5.82 Å². The quantitative estimate of drug-likeness (QED) is 0.788. The number of halogens is 1. The summed E-state index contributed by atoms with van der Waals surface area (Å²) in [7, 11) is 0. The monoisotopic (exact) mass is 330 g/mol. The zero-order valence-corrected chi connectivity index (χ0v) is 14.7. The molecule has 1 aromatic carbocycles. The number of likely N-dealkylation sites (tertiary alicyclic amines) is 2. The summed E-state index contributed by atoms with van der Waals surface area (Å²) in [5.41, 5.74) is 1.71. The zero-order chi connectivity index (χ0) is 17.2. The zero-order valence-electron chi connectivity index (χ0n) is 14.7. The van der Waals surface area contributed by atoms with Crippen LogP contribution in [0, 0.1) is 11.2 Å². The minimum atomic E-state index is -0.252. The maximum Gasteiger partial charge on any atom is 0.230 e. The molecule has 1 amide bonds. The topological polar surface area (TPSA) is 23.6 Å². The van der Waals surface area contributed by atoms with Gasteiger partial charge in [-0.2, -0.15) is 0 Å². The van der Waals surface area contributed by atoms with Crippen molar-refractivity contribution in [2.45, 2.75) is 39.7 Å². The molecule has 2 aliphatic rings. The van der Waals surface area contributed by atoms with Gasteiger partial charge in [-0.1, -0.05) is 29.8 Å². The molecule has 0 saturated carbocycles. The normalized spacial score (nSPS) is 25.7. The summed E-state index contributed by atoms with van der Waals surface area (Å²) in [5.74, 6) is -0.000635. The first-order chi connectivity index (χ1) is 11.5. The molecule has 3 rings (SSSR count). The van der Waals surface area contributed by atoms with E-state index in [0.717, 1.165) is 45.4 Å². The molecule has 2 saturated heterocycles. The number of hydrogen-bond donors (Lipinski definition) is 0. The third kappa shape index (κ3) is 3.39. The molecule has 4 heteroatoms. The van der Waals surface area contributed by atoms with Crippen molar-refractivity contribution in [1.82, 2.24) is 9.80 Å². The Morgan fingerprint density at radius 2 is 2.08 bits per heavy atom. The summed E-state index contributed by atoms with van der Waals surface area (Å²) in [6, 6.07) is 6.77. The molecule has 130 valence electrons. The van der Waals surface area contributed by atoms with Crippen LogP contribution in [-0.2, 0) is 11.3 Å². The Labute approximate surface area is 144 Å². The van der Waals surface area contributed by atoms with E-state index in [2.05, 4.69) is 24.8 Å². The Hall–Kier alpha value is -1.68. The summed E-state index contributed by atoms with van der Waals surface area (Å²) >= 11 is 0. The first kappa shape index (κ1) is 17.2. The van der Waals surface area contributed by atoms with E-state index >= 15 is 0 Å². The fourth-order valence-corrected chi connectivity index (χ4v) is 4.05. The van der Waals surface area contributed by atoms with Gasteiger partial charge in [0, 0.05) is 31.7 Å². The highest BCUT2D eigenvalue weighted by molar-refractivity contribution is 5.84. The SMILES string of the molecule is C/C=C(\C)CN1CC[C@@]2(CCCN(Cc3ccccc3F)C2=O)C1. The molecule has 1 spiro atoms. The number of carbonyl (C=O) groups is 1. The maximum atomic E-state index is 13.9. The number of nitrogens with zero attached hydrogens (tertiary/aromatic N) is 2. The molecule has 0 aromatic heterocycles. The lowest BCUT2D eigenvalue weighted by Gasteiger charge is -2.39. The van der Waals surface area contributed by atoms with Crippen molar-refractivity contribution >= 4 is 5.91 Å². The van der Waals surface area contributed by atoms with E-state index in [1.165, 1.54) is 11.6 Å². The lowest BCUT2D eigenvalue weighted by molar-refractivity contribution is -0.146. The van der Waals surface area contributed by atoms with Crippen LogP contribution in [0.15, 0.2) is 35.9 Å². The summed E-state index contributed by atoms with van der Waals surface area (Å²) in [6.45, 7) is 8.08. The van der Waals surface area contributed by atoms with Crippen molar-refractivity contribution < 1.29 is 9.18 Å². The van der Waals surface area contributed by atoms with Crippen LogP contribution in [0.2, 0.25) is 0 Å². The molecule has 24 heavy (non-hydrogen) atoms. The molecule has 2 heterocycles. The van der Waals surface area contributed by atoms with Gasteiger partial charge in [0.25, 0.3) is 0 Å². The van der Waals surface area contributed by atoms with Gasteiger partial charge in [0.05, 0.1) is 5.41 Å². The van der Waals surface area contributed by atoms with Gasteiger partial charge >= 0.3 is 0 Å². The van der Waals surface area contributed by atoms with Gasteiger partial charge in [-0.3, -0.25) is 9.69 Å². The highest BCUT2D eigenvalue weighted by Gasteiger charge is 2.48. The second-order valence-electron chi connectivity index (χ2n) is 7.30. The van der Waals surface area contributed by atoms with Gasteiger partial charge in [0.2, 0.25) is 5.91 Å². The molecule has 0 N–H and O–H groups in total. The highest BCUT2D eigenvalue weighted by Crippen LogP contribution is 2.40. The largest absolute Gasteiger partial charge is 0.338 e. The van der Waals surface area contributed by atoms with Gasteiger partial charge in [0.15, 0.2) is 0 Å². The minimum Gasteiger partial charge on any atom is -0.338 e. The number of hydrogen-bond acceptors (Lipinski definition) is 2. The van der Waals surface area contributed by atoms with Gasteiger partial charge in [-0.05, 0) is 45.7 Å². The third-order valence-corrected chi connectivity index (χ3v) is 5.54. The Morgan fingerprint density at radius 1 is 1.29 bits per heavy atom. The second kappa shape index (κ2) is 7.06. The average Bonchev–Trinajstić information content (AvgIpc) is 2.97. The number of benzene rings is 1. The molecule has 0 radical (unpaired) electrons. The molecule has 0 bridgehead atoms. The van der Waals surface area contributed by atoms with Crippen molar-refractivity contribution in [2.75, 3.05) is 26.2 Å². The van der Waals surface area contributed by atoms with Crippen molar-refractivity contribution in [3.63, 3.8) is 0 Å². The van der Waals surface area contributed by atoms with E-state index in [1.54, 1.807) is 12.1 Å². The summed E-state index contributed by atoms with van der Waals surface area (Å²) in [6.07, 6.45) is 5.04. The van der Waals surface area contributed by atoms with E-state index in [-0.39, 0.29) is 17.1 Å². The predicted molar refractivity (Wildman–Crippen MR) is 94.0 cm³/mol. The van der Waals surface area contributed by atoms with Crippen LogP contribution >= 0.6 is 0 Å². The standard InChI is InChI=1S/C20H27FN2O/c1-3-16(2)13-22-12-10-20(15-22)9-6-11-23(19(20)24)14-17-7-4-5-8-18(17)21/h3-5,7-8H,6,9-15H2,1-2H3/b16-3+/t20-/m0/s1. The van der Waals surface area contributed by atoms with E-state index in [0.29, 0.717) is 12.1 Å². The smallest absolute Gasteiger partial charge is 0.230 e. The van der Waals surface area contributed by atoms with Crippen LogP contribution in [0.1, 0.15) is 38.7 Å². The number of carbonyl (C=O) groups excluding carboxylic acids is 1. The maximum absolute atomic E-state index is 13.9. The Morgan fingerprint density at radius 3 is 2.83 bits per heavy atom. The first-order valence-corrected chi connectivity index (χ1v) is 8.91. The van der Waals surface area contributed by atoms with Gasteiger partial charge in [-0.25, -0.2) is 4.39 Å². The molecule has 3 nitrogen and oxygen atoms in total. The van der Waals surface area contributed by atoms with Crippen molar-refractivity contribution in [3.8, 4) is 0 Å². The number of rotatable bonds is 4. The molecular formula is C20H27FN2O. The van der Waals surface area contributed by atoms with Crippen molar-refractivity contribution in [3.05, 3.63) is 47.3 Å². The minimum absolute atomic E-state index is 0.220. The van der Waals surface area contributed by atoms with Crippen molar-refractivity contribution in [1.29, 1.82) is 0 Å². The summed E-state index contributed by atoms with van der Waals surface area (Å²) < 4.78 is 13.9.